The third-order valence-electron chi connectivity index (χ3n) is 5.44. The topological polar surface area (TPSA) is 88.1 Å². The van der Waals surface area contributed by atoms with Crippen LogP contribution < -0.4 is 18.9 Å². The van der Waals surface area contributed by atoms with Gasteiger partial charge in [-0.1, -0.05) is 36.9 Å². The molecular formula is C31H24O7. The molecule has 0 amide bonds. The summed E-state index contributed by atoms with van der Waals surface area (Å²) < 4.78 is 21.2. The van der Waals surface area contributed by atoms with Crippen LogP contribution in [0, 0.1) is 0 Å². The number of hydrogen-bond acceptors (Lipinski definition) is 7. The lowest BCUT2D eigenvalue weighted by Crippen LogP contribution is -2.10. The molecule has 4 aromatic carbocycles. The molecule has 4 rings (SSSR count). The smallest absolute Gasteiger partial charge is 0.343 e. The summed E-state index contributed by atoms with van der Waals surface area (Å²) in [5, 5.41) is 1.89. The van der Waals surface area contributed by atoms with Crippen LogP contribution in [-0.4, -0.2) is 25.0 Å². The van der Waals surface area contributed by atoms with Gasteiger partial charge in [-0.2, -0.15) is 0 Å². The van der Waals surface area contributed by atoms with Crippen LogP contribution in [-0.2, 0) is 9.59 Å². The molecule has 0 atom stereocenters. The largest absolute Gasteiger partial charge is 0.496 e. The Bertz CT molecular complexity index is 1530. The predicted molar refractivity (Wildman–Crippen MR) is 143 cm³/mol. The molecule has 0 fully saturated rings. The first kappa shape index (κ1) is 25.9. The second-order valence-corrected chi connectivity index (χ2v) is 8.21. The standard InChI is InChI=1S/C31H24O7/c1-20(2)30(33)37-24-12-8-22(9-13-24)31(34)38-25-16-14-23(15-17-25)36-29(32)19-11-21-10-18-28(35-3)27-7-5-4-6-26(21)27/h4-19H,1H2,2-3H3/b19-11+. The molecule has 0 bridgehead atoms. The van der Waals surface area contributed by atoms with Crippen molar-refractivity contribution in [2.75, 3.05) is 7.11 Å². The lowest BCUT2D eigenvalue weighted by molar-refractivity contribution is -0.130. The molecule has 0 saturated carbocycles. The molecule has 38 heavy (non-hydrogen) atoms. The molecule has 0 radical (unpaired) electrons. The molecule has 0 aliphatic heterocycles. The van der Waals surface area contributed by atoms with Crippen LogP contribution in [0.3, 0.4) is 0 Å². The summed E-state index contributed by atoms with van der Waals surface area (Å²) in [5.41, 5.74) is 1.39. The van der Waals surface area contributed by atoms with E-state index in [-0.39, 0.29) is 22.6 Å². The van der Waals surface area contributed by atoms with Gasteiger partial charge in [0.15, 0.2) is 0 Å². The first-order valence-electron chi connectivity index (χ1n) is 11.6. The van der Waals surface area contributed by atoms with Gasteiger partial charge in [-0.25, -0.2) is 14.4 Å². The maximum absolute atomic E-state index is 12.4. The maximum Gasteiger partial charge on any atom is 0.343 e. The summed E-state index contributed by atoms with van der Waals surface area (Å²) in [5.74, 6) is -0.0946. The van der Waals surface area contributed by atoms with Crippen LogP contribution in [0.2, 0.25) is 0 Å². The first-order valence-corrected chi connectivity index (χ1v) is 11.6. The summed E-state index contributed by atoms with van der Waals surface area (Å²) >= 11 is 0. The molecule has 0 spiro atoms. The second-order valence-electron chi connectivity index (χ2n) is 8.21. The van der Waals surface area contributed by atoms with Crippen molar-refractivity contribution >= 4 is 34.8 Å². The lowest BCUT2D eigenvalue weighted by atomic mass is 10.0. The first-order chi connectivity index (χ1) is 18.3. The molecule has 4 aromatic rings. The second kappa shape index (κ2) is 11.7. The number of ether oxygens (including phenoxy) is 4. The molecule has 0 aliphatic rings. The summed E-state index contributed by atoms with van der Waals surface area (Å²) in [6, 6.07) is 23.5. The minimum absolute atomic E-state index is 0.268. The Balaban J connectivity index is 1.35. The highest BCUT2D eigenvalue weighted by atomic mass is 16.5. The van der Waals surface area contributed by atoms with Crippen LogP contribution in [0.25, 0.3) is 16.8 Å². The van der Waals surface area contributed by atoms with Crippen molar-refractivity contribution in [1.29, 1.82) is 0 Å². The van der Waals surface area contributed by atoms with Crippen molar-refractivity contribution in [1.82, 2.24) is 0 Å². The molecule has 0 heterocycles. The van der Waals surface area contributed by atoms with Gasteiger partial charge in [0.1, 0.15) is 23.0 Å². The van der Waals surface area contributed by atoms with Gasteiger partial charge in [0.2, 0.25) is 0 Å². The fourth-order valence-corrected chi connectivity index (χ4v) is 3.52. The van der Waals surface area contributed by atoms with Crippen molar-refractivity contribution in [3.8, 4) is 23.0 Å². The van der Waals surface area contributed by atoms with Gasteiger partial charge in [-0.3, -0.25) is 0 Å². The number of carbonyl (C=O) groups is 3. The van der Waals surface area contributed by atoms with E-state index in [0.29, 0.717) is 5.75 Å². The molecule has 0 aliphatic carbocycles. The third kappa shape index (κ3) is 6.33. The van der Waals surface area contributed by atoms with Crippen molar-refractivity contribution in [2.45, 2.75) is 6.92 Å². The highest BCUT2D eigenvalue weighted by Crippen LogP contribution is 2.29. The Morgan fingerprint density at radius 1 is 0.711 bits per heavy atom. The van der Waals surface area contributed by atoms with Gasteiger partial charge in [0, 0.05) is 17.0 Å². The summed E-state index contributed by atoms with van der Waals surface area (Å²) in [4.78, 5) is 36.4. The molecule has 7 nitrogen and oxygen atoms in total. The molecule has 190 valence electrons. The van der Waals surface area contributed by atoms with Crippen molar-refractivity contribution in [2.24, 2.45) is 0 Å². The zero-order valence-electron chi connectivity index (χ0n) is 20.8. The van der Waals surface area contributed by atoms with Crippen LogP contribution in [0.15, 0.2) is 103 Å². The molecule has 0 N–H and O–H groups in total. The van der Waals surface area contributed by atoms with Crippen LogP contribution in [0.4, 0.5) is 0 Å². The summed E-state index contributed by atoms with van der Waals surface area (Å²) in [7, 11) is 1.62. The minimum atomic E-state index is -0.595. The van der Waals surface area contributed by atoms with Gasteiger partial charge in [-0.05, 0) is 78.5 Å². The van der Waals surface area contributed by atoms with E-state index >= 15 is 0 Å². The van der Waals surface area contributed by atoms with Gasteiger partial charge < -0.3 is 18.9 Å². The molecule has 0 saturated heterocycles. The van der Waals surface area contributed by atoms with E-state index in [9.17, 15) is 14.4 Å². The molecule has 0 unspecified atom stereocenters. The van der Waals surface area contributed by atoms with E-state index in [1.807, 2.05) is 36.4 Å². The zero-order valence-corrected chi connectivity index (χ0v) is 20.8. The normalized spacial score (nSPS) is 10.7. The highest BCUT2D eigenvalue weighted by molar-refractivity contribution is 5.98. The zero-order chi connectivity index (χ0) is 27.1. The van der Waals surface area contributed by atoms with E-state index < -0.39 is 17.9 Å². The van der Waals surface area contributed by atoms with E-state index in [1.54, 1.807) is 20.1 Å². The fraction of sp³-hybridized carbons (Fsp3) is 0.0645. The van der Waals surface area contributed by atoms with Gasteiger partial charge in [0.05, 0.1) is 12.7 Å². The molecule has 7 heteroatoms. The lowest BCUT2D eigenvalue weighted by Gasteiger charge is -2.08. The van der Waals surface area contributed by atoms with Gasteiger partial charge >= 0.3 is 17.9 Å². The third-order valence-corrected chi connectivity index (χ3v) is 5.44. The predicted octanol–water partition coefficient (Wildman–Crippen LogP) is 6.17. The highest BCUT2D eigenvalue weighted by Gasteiger charge is 2.11. The van der Waals surface area contributed by atoms with Crippen molar-refractivity contribution in [3.63, 3.8) is 0 Å². The Morgan fingerprint density at radius 3 is 1.92 bits per heavy atom. The minimum Gasteiger partial charge on any atom is -0.496 e. The number of rotatable bonds is 8. The quantitative estimate of drug-likeness (QED) is 0.160. The number of methoxy groups -OCH3 is 1. The maximum atomic E-state index is 12.4. The van der Waals surface area contributed by atoms with Crippen LogP contribution >= 0.6 is 0 Å². The van der Waals surface area contributed by atoms with Crippen molar-refractivity contribution < 1.29 is 33.3 Å². The van der Waals surface area contributed by atoms with Gasteiger partial charge in [-0.15, -0.1) is 0 Å². The number of esters is 3. The van der Waals surface area contributed by atoms with E-state index in [0.717, 1.165) is 22.1 Å². The summed E-state index contributed by atoms with van der Waals surface area (Å²) in [6.07, 6.45) is 3.03. The number of fused-ring (bicyclic) bond motifs is 1. The van der Waals surface area contributed by atoms with Crippen LogP contribution in [0.5, 0.6) is 23.0 Å². The SMILES string of the molecule is C=C(C)C(=O)Oc1ccc(C(=O)Oc2ccc(OC(=O)/C=C/c3ccc(OC)c4ccccc34)cc2)cc1. The molecular weight excluding hydrogens is 484 g/mol. The van der Waals surface area contributed by atoms with Crippen LogP contribution in [0.1, 0.15) is 22.8 Å². The van der Waals surface area contributed by atoms with Crippen molar-refractivity contribution in [3.05, 3.63) is 114 Å². The average molecular weight is 509 g/mol. The Labute approximate surface area is 219 Å². The Kier molecular flexibility index (Phi) is 7.98. The number of hydrogen-bond donors (Lipinski definition) is 0. The Hall–Kier alpha value is -5.17. The average Bonchev–Trinajstić information content (AvgIpc) is 2.93. The molecule has 0 aromatic heterocycles. The van der Waals surface area contributed by atoms with E-state index in [2.05, 4.69) is 6.58 Å². The van der Waals surface area contributed by atoms with E-state index in [1.165, 1.54) is 54.6 Å². The Morgan fingerprint density at radius 2 is 1.29 bits per heavy atom. The van der Waals surface area contributed by atoms with E-state index in [4.69, 9.17) is 18.9 Å². The monoisotopic (exact) mass is 508 g/mol. The number of carbonyl (C=O) groups excluding carboxylic acids is 3. The fourth-order valence-electron chi connectivity index (χ4n) is 3.52. The van der Waals surface area contributed by atoms with Gasteiger partial charge in [0.25, 0.3) is 0 Å². The summed E-state index contributed by atoms with van der Waals surface area (Å²) in [6.45, 7) is 5.06. The number of benzene rings is 4.